The maximum atomic E-state index is 13.0. The van der Waals surface area contributed by atoms with E-state index in [9.17, 15) is 9.18 Å². The highest BCUT2D eigenvalue weighted by molar-refractivity contribution is 7.99. The third kappa shape index (κ3) is 3.90. The zero-order chi connectivity index (χ0) is 16.2. The number of carbonyl (C=O) groups excluding carboxylic acids is 1. The van der Waals surface area contributed by atoms with E-state index < -0.39 is 0 Å². The molecule has 0 saturated carbocycles. The molecule has 7 heteroatoms. The van der Waals surface area contributed by atoms with Crippen molar-refractivity contribution in [2.45, 2.75) is 30.8 Å². The number of aromatic amines is 1. The summed E-state index contributed by atoms with van der Waals surface area (Å²) in [5.41, 5.74) is 1.09. The number of amides is 1. The fourth-order valence-electron chi connectivity index (χ4n) is 2.71. The molecule has 1 atom stereocenters. The van der Waals surface area contributed by atoms with Gasteiger partial charge in [0.1, 0.15) is 11.6 Å². The third-order valence-corrected chi connectivity index (χ3v) is 4.89. The molecule has 1 aromatic heterocycles. The van der Waals surface area contributed by atoms with Crippen LogP contribution in [0.2, 0.25) is 0 Å². The average molecular weight is 334 g/mol. The van der Waals surface area contributed by atoms with Gasteiger partial charge >= 0.3 is 0 Å². The highest BCUT2D eigenvalue weighted by Crippen LogP contribution is 2.28. The van der Waals surface area contributed by atoms with Crippen LogP contribution in [0.5, 0.6) is 0 Å². The SMILES string of the molecule is CCc1nc(SCC(=O)N2CC[C@@H](c3ccc(F)cc3)C2)n[nH]1. The summed E-state index contributed by atoms with van der Waals surface area (Å²) in [6.45, 7) is 3.44. The van der Waals surface area contributed by atoms with E-state index in [0.717, 1.165) is 30.8 Å². The molecule has 0 aliphatic carbocycles. The normalized spacial score (nSPS) is 17.7. The van der Waals surface area contributed by atoms with E-state index >= 15 is 0 Å². The Bertz CT molecular complexity index is 673. The maximum absolute atomic E-state index is 13.0. The zero-order valence-corrected chi connectivity index (χ0v) is 13.8. The predicted octanol–water partition coefficient (Wildman–Crippen LogP) is 2.61. The monoisotopic (exact) mass is 334 g/mol. The van der Waals surface area contributed by atoms with Gasteiger partial charge in [-0.2, -0.15) is 0 Å². The summed E-state index contributed by atoms with van der Waals surface area (Å²) >= 11 is 1.36. The Morgan fingerprint density at radius 2 is 2.22 bits per heavy atom. The number of H-pyrrole nitrogens is 1. The van der Waals surface area contributed by atoms with Gasteiger partial charge in [-0.3, -0.25) is 9.89 Å². The van der Waals surface area contributed by atoms with E-state index in [4.69, 9.17) is 0 Å². The Morgan fingerprint density at radius 3 is 2.91 bits per heavy atom. The van der Waals surface area contributed by atoms with Gasteiger partial charge in [0.15, 0.2) is 0 Å². The van der Waals surface area contributed by atoms with Crippen LogP contribution in [0, 0.1) is 5.82 Å². The molecule has 5 nitrogen and oxygen atoms in total. The topological polar surface area (TPSA) is 61.9 Å². The Balaban J connectivity index is 1.51. The number of aryl methyl sites for hydroxylation is 1. The van der Waals surface area contributed by atoms with Gasteiger partial charge < -0.3 is 4.90 Å². The molecule has 1 aliphatic heterocycles. The first-order valence-electron chi connectivity index (χ1n) is 7.73. The number of likely N-dealkylation sites (tertiary alicyclic amines) is 1. The Labute approximate surface area is 138 Å². The summed E-state index contributed by atoms with van der Waals surface area (Å²) < 4.78 is 13.0. The lowest BCUT2D eigenvalue weighted by molar-refractivity contribution is -0.127. The van der Waals surface area contributed by atoms with Crippen molar-refractivity contribution in [1.82, 2.24) is 20.1 Å². The molecule has 1 aliphatic rings. The summed E-state index contributed by atoms with van der Waals surface area (Å²) in [6, 6.07) is 6.57. The van der Waals surface area contributed by atoms with Crippen LogP contribution in [0.4, 0.5) is 4.39 Å². The minimum atomic E-state index is -0.228. The van der Waals surface area contributed by atoms with Gasteiger partial charge in [-0.15, -0.1) is 5.10 Å². The lowest BCUT2D eigenvalue weighted by Crippen LogP contribution is -2.30. The second-order valence-corrected chi connectivity index (χ2v) is 6.53. The van der Waals surface area contributed by atoms with E-state index in [0.29, 0.717) is 23.4 Å². The van der Waals surface area contributed by atoms with E-state index in [-0.39, 0.29) is 11.7 Å². The molecule has 1 saturated heterocycles. The summed E-state index contributed by atoms with van der Waals surface area (Å²) in [7, 11) is 0. The lowest BCUT2D eigenvalue weighted by Gasteiger charge is -2.16. The molecule has 23 heavy (non-hydrogen) atoms. The van der Waals surface area contributed by atoms with Gasteiger partial charge in [0, 0.05) is 25.4 Å². The second kappa shape index (κ2) is 7.12. The molecule has 122 valence electrons. The van der Waals surface area contributed by atoms with E-state index in [2.05, 4.69) is 15.2 Å². The molecule has 3 rings (SSSR count). The van der Waals surface area contributed by atoms with Crippen LogP contribution in [-0.2, 0) is 11.2 Å². The van der Waals surface area contributed by atoms with Gasteiger partial charge in [0.05, 0.1) is 5.75 Å². The highest BCUT2D eigenvalue weighted by atomic mass is 32.2. The third-order valence-electron chi connectivity index (χ3n) is 4.05. The van der Waals surface area contributed by atoms with Crippen molar-refractivity contribution in [3.63, 3.8) is 0 Å². The molecule has 0 radical (unpaired) electrons. The van der Waals surface area contributed by atoms with Crippen LogP contribution in [-0.4, -0.2) is 44.8 Å². The van der Waals surface area contributed by atoms with Crippen molar-refractivity contribution >= 4 is 17.7 Å². The fourth-order valence-corrected chi connectivity index (χ4v) is 3.43. The molecule has 0 spiro atoms. The average Bonchev–Trinajstić information content (AvgIpc) is 3.22. The first kappa shape index (κ1) is 16.0. The molecular weight excluding hydrogens is 315 g/mol. The highest BCUT2D eigenvalue weighted by Gasteiger charge is 2.27. The molecule has 1 amide bonds. The number of rotatable bonds is 5. The summed E-state index contributed by atoms with van der Waals surface area (Å²) in [5, 5.41) is 7.54. The number of hydrogen-bond acceptors (Lipinski definition) is 4. The van der Waals surface area contributed by atoms with Crippen molar-refractivity contribution in [3.05, 3.63) is 41.5 Å². The minimum absolute atomic E-state index is 0.0995. The van der Waals surface area contributed by atoms with Crippen LogP contribution in [0.1, 0.15) is 30.7 Å². The summed E-state index contributed by atoms with van der Waals surface area (Å²) in [5.74, 6) is 1.34. The van der Waals surface area contributed by atoms with Crippen molar-refractivity contribution in [2.24, 2.45) is 0 Å². The number of hydrogen-bond donors (Lipinski definition) is 1. The van der Waals surface area contributed by atoms with Gasteiger partial charge in [0.2, 0.25) is 11.1 Å². The number of halogens is 1. The molecular formula is C16H19FN4OS. The van der Waals surface area contributed by atoms with Crippen molar-refractivity contribution < 1.29 is 9.18 Å². The lowest BCUT2D eigenvalue weighted by atomic mass is 9.99. The largest absolute Gasteiger partial charge is 0.341 e. The van der Waals surface area contributed by atoms with E-state index in [1.165, 1.54) is 23.9 Å². The van der Waals surface area contributed by atoms with Gasteiger partial charge in [-0.1, -0.05) is 30.8 Å². The smallest absolute Gasteiger partial charge is 0.233 e. The zero-order valence-electron chi connectivity index (χ0n) is 13.0. The molecule has 0 unspecified atom stereocenters. The quantitative estimate of drug-likeness (QED) is 0.854. The number of benzene rings is 1. The molecule has 1 fully saturated rings. The van der Waals surface area contributed by atoms with Crippen molar-refractivity contribution in [2.75, 3.05) is 18.8 Å². The van der Waals surface area contributed by atoms with Crippen molar-refractivity contribution in [3.8, 4) is 0 Å². The van der Waals surface area contributed by atoms with E-state index in [1.807, 2.05) is 24.0 Å². The Morgan fingerprint density at radius 1 is 1.43 bits per heavy atom. The Kier molecular flexibility index (Phi) is 4.95. The standard InChI is InChI=1S/C16H19FN4OS/c1-2-14-18-16(20-19-14)23-10-15(22)21-8-7-12(9-21)11-3-5-13(17)6-4-11/h3-6,12H,2,7-10H2,1H3,(H,18,19,20)/t12-/m1/s1. The first-order chi connectivity index (χ1) is 11.2. The number of carbonyl (C=O) groups is 1. The molecule has 2 aromatic rings. The van der Waals surface area contributed by atoms with Gasteiger partial charge in [-0.25, -0.2) is 9.37 Å². The fraction of sp³-hybridized carbons (Fsp3) is 0.438. The number of nitrogens with zero attached hydrogens (tertiary/aromatic N) is 3. The van der Waals surface area contributed by atoms with Crippen LogP contribution >= 0.6 is 11.8 Å². The van der Waals surface area contributed by atoms with Crippen LogP contribution < -0.4 is 0 Å². The molecule has 1 N–H and O–H groups in total. The summed E-state index contributed by atoms with van der Waals surface area (Å²) in [4.78, 5) is 18.5. The van der Waals surface area contributed by atoms with Gasteiger partial charge in [-0.05, 0) is 24.1 Å². The number of nitrogens with one attached hydrogen (secondary N) is 1. The molecule has 0 bridgehead atoms. The van der Waals surface area contributed by atoms with Gasteiger partial charge in [0.25, 0.3) is 0 Å². The maximum Gasteiger partial charge on any atom is 0.233 e. The molecule has 2 heterocycles. The molecule has 1 aromatic carbocycles. The number of thioether (sulfide) groups is 1. The minimum Gasteiger partial charge on any atom is -0.341 e. The summed E-state index contributed by atoms with van der Waals surface area (Å²) in [6.07, 6.45) is 1.72. The second-order valence-electron chi connectivity index (χ2n) is 5.58. The predicted molar refractivity (Wildman–Crippen MR) is 86.8 cm³/mol. The first-order valence-corrected chi connectivity index (χ1v) is 8.71. The van der Waals surface area contributed by atoms with E-state index in [1.54, 1.807) is 0 Å². The van der Waals surface area contributed by atoms with Crippen LogP contribution in [0.15, 0.2) is 29.4 Å². The Hall–Kier alpha value is -1.89. The van der Waals surface area contributed by atoms with Crippen LogP contribution in [0.25, 0.3) is 0 Å². The van der Waals surface area contributed by atoms with Crippen molar-refractivity contribution in [1.29, 1.82) is 0 Å². The number of aromatic nitrogens is 3. The van der Waals surface area contributed by atoms with Crippen LogP contribution in [0.3, 0.4) is 0 Å².